The molecule has 1 heterocycles. The number of amidine groups is 1. The Labute approximate surface area is 116 Å². The number of hydrogen-bond acceptors (Lipinski definition) is 4. The molecule has 0 fully saturated rings. The lowest BCUT2D eigenvalue weighted by molar-refractivity contribution is -0.121. The van der Waals surface area contributed by atoms with Gasteiger partial charge in [-0.3, -0.25) is 9.78 Å². The molecule has 0 atom stereocenters. The second-order valence-electron chi connectivity index (χ2n) is 4.94. The number of carbonyl (C=O) groups excluding carboxylic acids is 1. The fourth-order valence-electron chi connectivity index (χ4n) is 1.73. The van der Waals surface area contributed by atoms with Crippen LogP contribution in [0.5, 0.6) is 0 Å². The number of nitrogens with one attached hydrogen (secondary N) is 1. The number of amides is 1. The number of rotatable bonds is 3. The van der Waals surface area contributed by atoms with Gasteiger partial charge in [0.1, 0.15) is 5.41 Å². The molecule has 1 aromatic heterocycles. The minimum atomic E-state index is -1.11. The van der Waals surface area contributed by atoms with Crippen molar-refractivity contribution < 1.29 is 10.0 Å². The van der Waals surface area contributed by atoms with Crippen molar-refractivity contribution in [2.75, 3.05) is 5.32 Å². The molecule has 0 spiro atoms. The molecule has 0 saturated carbocycles. The Morgan fingerprint density at radius 3 is 2.80 bits per heavy atom. The minimum Gasteiger partial charge on any atom is -0.409 e. The molecule has 104 valence electrons. The highest BCUT2D eigenvalue weighted by atomic mass is 16.4. The number of fused-ring (bicyclic) bond motifs is 1. The van der Waals surface area contributed by atoms with Gasteiger partial charge in [-0.05, 0) is 38.1 Å². The maximum absolute atomic E-state index is 12.3. The quantitative estimate of drug-likeness (QED) is 0.344. The van der Waals surface area contributed by atoms with Crippen LogP contribution in [0.1, 0.15) is 13.8 Å². The van der Waals surface area contributed by atoms with E-state index in [2.05, 4.69) is 15.5 Å². The van der Waals surface area contributed by atoms with Crippen molar-refractivity contribution in [3.8, 4) is 0 Å². The SMILES string of the molecule is CC(C)(C(=O)Nc1cccc2ncccc12)C(N)=NO. The molecular weight excluding hydrogens is 256 g/mol. The number of nitrogens with zero attached hydrogens (tertiary/aromatic N) is 2. The van der Waals surface area contributed by atoms with Gasteiger partial charge in [-0.1, -0.05) is 11.2 Å². The first kappa shape index (κ1) is 13.8. The van der Waals surface area contributed by atoms with Crippen molar-refractivity contribution in [1.29, 1.82) is 0 Å². The van der Waals surface area contributed by atoms with Crippen LogP contribution < -0.4 is 11.1 Å². The monoisotopic (exact) mass is 272 g/mol. The molecule has 0 radical (unpaired) electrons. The highest BCUT2D eigenvalue weighted by Crippen LogP contribution is 2.24. The number of carbonyl (C=O) groups is 1. The van der Waals surface area contributed by atoms with Crippen LogP contribution in [0.4, 0.5) is 5.69 Å². The molecule has 0 aliphatic rings. The summed E-state index contributed by atoms with van der Waals surface area (Å²) in [4.78, 5) is 16.5. The molecule has 2 aromatic rings. The molecule has 1 amide bonds. The number of oxime groups is 1. The summed E-state index contributed by atoms with van der Waals surface area (Å²) in [6, 6.07) is 9.12. The van der Waals surface area contributed by atoms with Crippen molar-refractivity contribution in [2.45, 2.75) is 13.8 Å². The standard InChI is InChI=1S/C14H16N4O2/c1-14(2,12(15)18-20)13(19)17-11-7-3-6-10-9(11)5-4-8-16-10/h3-8,20H,1-2H3,(H2,15,18)(H,17,19). The summed E-state index contributed by atoms with van der Waals surface area (Å²) in [6.45, 7) is 3.17. The normalized spacial score (nSPS) is 12.4. The van der Waals surface area contributed by atoms with Crippen molar-refractivity contribution in [1.82, 2.24) is 4.98 Å². The Bertz CT molecular complexity index is 674. The van der Waals surface area contributed by atoms with Gasteiger partial charge < -0.3 is 16.3 Å². The van der Waals surface area contributed by atoms with E-state index in [0.717, 1.165) is 10.9 Å². The summed E-state index contributed by atoms with van der Waals surface area (Å²) in [5, 5.41) is 15.3. The minimum absolute atomic E-state index is 0.145. The van der Waals surface area contributed by atoms with E-state index < -0.39 is 5.41 Å². The van der Waals surface area contributed by atoms with Gasteiger partial charge in [-0.15, -0.1) is 0 Å². The summed E-state index contributed by atoms with van der Waals surface area (Å²) in [5.74, 6) is -0.502. The maximum atomic E-state index is 12.3. The Morgan fingerprint density at radius 2 is 2.10 bits per heavy atom. The van der Waals surface area contributed by atoms with E-state index in [1.165, 1.54) is 0 Å². The number of pyridine rings is 1. The third-order valence-electron chi connectivity index (χ3n) is 3.21. The third-order valence-corrected chi connectivity index (χ3v) is 3.21. The van der Waals surface area contributed by atoms with E-state index in [4.69, 9.17) is 10.9 Å². The van der Waals surface area contributed by atoms with Gasteiger partial charge in [0.2, 0.25) is 5.91 Å². The summed E-state index contributed by atoms with van der Waals surface area (Å²) in [5.41, 5.74) is 5.86. The first-order valence-electron chi connectivity index (χ1n) is 6.10. The van der Waals surface area contributed by atoms with Crippen LogP contribution in [0.15, 0.2) is 41.7 Å². The summed E-state index contributed by atoms with van der Waals surface area (Å²) < 4.78 is 0. The van der Waals surface area contributed by atoms with Gasteiger partial charge in [0.25, 0.3) is 0 Å². The molecule has 0 bridgehead atoms. The third kappa shape index (κ3) is 2.40. The molecule has 0 aliphatic carbocycles. The molecule has 0 saturated heterocycles. The van der Waals surface area contributed by atoms with E-state index in [-0.39, 0.29) is 11.7 Å². The Kier molecular flexibility index (Phi) is 3.56. The highest BCUT2D eigenvalue weighted by molar-refractivity contribution is 6.13. The second-order valence-corrected chi connectivity index (χ2v) is 4.94. The second kappa shape index (κ2) is 5.16. The van der Waals surface area contributed by atoms with Crippen molar-refractivity contribution in [3.05, 3.63) is 36.5 Å². The smallest absolute Gasteiger partial charge is 0.237 e. The van der Waals surface area contributed by atoms with Gasteiger partial charge in [-0.25, -0.2) is 0 Å². The Balaban J connectivity index is 2.36. The first-order chi connectivity index (χ1) is 9.46. The van der Waals surface area contributed by atoms with E-state index in [9.17, 15) is 4.79 Å². The molecule has 2 rings (SSSR count). The number of aromatic nitrogens is 1. The average Bonchev–Trinajstić information content (AvgIpc) is 2.46. The number of anilines is 1. The zero-order valence-corrected chi connectivity index (χ0v) is 11.3. The van der Waals surface area contributed by atoms with Crippen LogP contribution in [0.3, 0.4) is 0 Å². The number of hydrogen-bond donors (Lipinski definition) is 3. The van der Waals surface area contributed by atoms with Gasteiger partial charge in [0.15, 0.2) is 5.84 Å². The van der Waals surface area contributed by atoms with Gasteiger partial charge in [0, 0.05) is 11.6 Å². The molecule has 6 nitrogen and oxygen atoms in total. The van der Waals surface area contributed by atoms with Crippen LogP contribution >= 0.6 is 0 Å². The molecule has 0 unspecified atom stereocenters. The van der Waals surface area contributed by atoms with Crippen molar-refractivity contribution in [2.24, 2.45) is 16.3 Å². The maximum Gasteiger partial charge on any atom is 0.237 e. The van der Waals surface area contributed by atoms with Crippen molar-refractivity contribution >= 4 is 28.3 Å². The van der Waals surface area contributed by atoms with E-state index in [0.29, 0.717) is 5.69 Å². The predicted molar refractivity (Wildman–Crippen MR) is 77.6 cm³/mol. The summed E-state index contributed by atoms with van der Waals surface area (Å²) in [6.07, 6.45) is 1.69. The molecule has 6 heteroatoms. The van der Waals surface area contributed by atoms with E-state index in [1.807, 2.05) is 12.1 Å². The van der Waals surface area contributed by atoms with Gasteiger partial charge in [0.05, 0.1) is 11.2 Å². The van der Waals surface area contributed by atoms with Crippen LogP contribution in [-0.2, 0) is 4.79 Å². The van der Waals surface area contributed by atoms with E-state index >= 15 is 0 Å². The Morgan fingerprint density at radius 1 is 1.35 bits per heavy atom. The zero-order chi connectivity index (χ0) is 14.8. The lowest BCUT2D eigenvalue weighted by atomic mass is 9.90. The zero-order valence-electron chi connectivity index (χ0n) is 11.3. The molecule has 0 aliphatic heterocycles. The number of nitrogens with two attached hydrogens (primary N) is 1. The topological polar surface area (TPSA) is 101 Å². The van der Waals surface area contributed by atoms with Gasteiger partial charge in [-0.2, -0.15) is 0 Å². The van der Waals surface area contributed by atoms with Crippen LogP contribution in [0, 0.1) is 5.41 Å². The van der Waals surface area contributed by atoms with Crippen LogP contribution in [-0.4, -0.2) is 21.9 Å². The van der Waals surface area contributed by atoms with Gasteiger partial charge >= 0.3 is 0 Å². The van der Waals surface area contributed by atoms with Crippen molar-refractivity contribution in [3.63, 3.8) is 0 Å². The predicted octanol–water partition coefficient (Wildman–Crippen LogP) is 1.95. The fourth-order valence-corrected chi connectivity index (χ4v) is 1.73. The summed E-state index contributed by atoms with van der Waals surface area (Å²) in [7, 11) is 0. The Hall–Kier alpha value is -2.63. The average molecular weight is 272 g/mol. The lowest BCUT2D eigenvalue weighted by Gasteiger charge is -2.22. The molecule has 4 N–H and O–H groups in total. The molecule has 1 aromatic carbocycles. The number of benzene rings is 1. The van der Waals surface area contributed by atoms with Crippen LogP contribution in [0.25, 0.3) is 10.9 Å². The largest absolute Gasteiger partial charge is 0.409 e. The fraction of sp³-hybridized carbons (Fsp3) is 0.214. The summed E-state index contributed by atoms with van der Waals surface area (Å²) >= 11 is 0. The molecular formula is C14H16N4O2. The lowest BCUT2D eigenvalue weighted by Crippen LogP contribution is -2.42. The van der Waals surface area contributed by atoms with Crippen LogP contribution in [0.2, 0.25) is 0 Å². The van der Waals surface area contributed by atoms with E-state index in [1.54, 1.807) is 38.2 Å². The highest BCUT2D eigenvalue weighted by Gasteiger charge is 2.33. The molecule has 20 heavy (non-hydrogen) atoms. The first-order valence-corrected chi connectivity index (χ1v) is 6.10.